The van der Waals surface area contributed by atoms with Crippen LogP contribution in [0.3, 0.4) is 0 Å². The maximum absolute atomic E-state index is 12.8. The van der Waals surface area contributed by atoms with Crippen LogP contribution < -0.4 is 11.3 Å². The topological polar surface area (TPSA) is 70.1 Å². The number of methoxy groups -OCH3 is 1. The van der Waals surface area contributed by atoms with Crippen molar-refractivity contribution >= 4 is 16.6 Å². The molecule has 0 atom stereocenters. The Labute approximate surface area is 146 Å². The van der Waals surface area contributed by atoms with Crippen LogP contribution in [0.2, 0.25) is 0 Å². The molecule has 0 bridgehead atoms. The van der Waals surface area contributed by atoms with Crippen molar-refractivity contribution in [1.29, 1.82) is 0 Å². The number of nitrogen functional groups attached to an aromatic ring is 1. The number of anilines is 1. The highest BCUT2D eigenvalue weighted by Gasteiger charge is 2.30. The van der Waals surface area contributed by atoms with Crippen LogP contribution in [0.4, 0.5) is 18.9 Å². The second-order valence-corrected chi connectivity index (χ2v) is 5.74. The number of aromatic nitrogens is 2. The number of nitrogens with zero attached hydrogens (tertiary/aromatic N) is 2. The summed E-state index contributed by atoms with van der Waals surface area (Å²) < 4.78 is 44.7. The average Bonchev–Trinajstić information content (AvgIpc) is 2.61. The van der Waals surface area contributed by atoms with Gasteiger partial charge in [-0.15, -0.1) is 0 Å². The van der Waals surface area contributed by atoms with Crippen molar-refractivity contribution in [3.8, 4) is 11.4 Å². The molecular formula is C18H16F3N3O2. The Morgan fingerprint density at radius 2 is 1.85 bits per heavy atom. The third kappa shape index (κ3) is 3.41. The van der Waals surface area contributed by atoms with Gasteiger partial charge < -0.3 is 10.5 Å². The molecule has 0 amide bonds. The maximum atomic E-state index is 12.8. The van der Waals surface area contributed by atoms with Crippen molar-refractivity contribution in [3.63, 3.8) is 0 Å². The van der Waals surface area contributed by atoms with Crippen LogP contribution in [0, 0.1) is 0 Å². The molecule has 0 unspecified atom stereocenters. The van der Waals surface area contributed by atoms with Crippen molar-refractivity contribution in [2.45, 2.75) is 12.7 Å². The zero-order valence-corrected chi connectivity index (χ0v) is 13.9. The summed E-state index contributed by atoms with van der Waals surface area (Å²) >= 11 is 0. The quantitative estimate of drug-likeness (QED) is 0.722. The van der Waals surface area contributed by atoms with E-state index in [1.54, 1.807) is 12.1 Å². The van der Waals surface area contributed by atoms with Crippen LogP contribution in [0.15, 0.2) is 47.3 Å². The van der Waals surface area contributed by atoms with E-state index in [4.69, 9.17) is 10.5 Å². The van der Waals surface area contributed by atoms with E-state index in [9.17, 15) is 18.0 Å². The number of ether oxygens (including phenoxy) is 1. The molecule has 1 aromatic heterocycles. The second-order valence-electron chi connectivity index (χ2n) is 5.74. The smallest absolute Gasteiger partial charge is 0.399 e. The van der Waals surface area contributed by atoms with E-state index >= 15 is 0 Å². The molecule has 2 N–H and O–H groups in total. The number of hydrogen-bond donors (Lipinski definition) is 1. The third-order valence-electron chi connectivity index (χ3n) is 3.97. The number of fused-ring (bicyclic) bond motifs is 1. The van der Waals surface area contributed by atoms with Crippen LogP contribution in [-0.4, -0.2) is 23.3 Å². The monoisotopic (exact) mass is 363 g/mol. The van der Waals surface area contributed by atoms with E-state index in [1.165, 1.54) is 29.9 Å². The average molecular weight is 363 g/mol. The lowest BCUT2D eigenvalue weighted by Gasteiger charge is -2.14. The molecule has 8 heteroatoms. The molecule has 0 spiro atoms. The normalized spacial score (nSPS) is 11.8. The molecule has 0 aliphatic carbocycles. The molecular weight excluding hydrogens is 347 g/mol. The molecule has 2 aromatic carbocycles. The zero-order valence-electron chi connectivity index (χ0n) is 13.9. The van der Waals surface area contributed by atoms with Gasteiger partial charge in [-0.05, 0) is 30.3 Å². The molecule has 0 fully saturated rings. The van der Waals surface area contributed by atoms with Gasteiger partial charge in [0.2, 0.25) is 0 Å². The van der Waals surface area contributed by atoms with Gasteiger partial charge in [0.15, 0.2) is 0 Å². The second kappa shape index (κ2) is 6.80. The first-order valence-corrected chi connectivity index (χ1v) is 7.78. The van der Waals surface area contributed by atoms with Gasteiger partial charge in [-0.3, -0.25) is 9.36 Å². The summed E-state index contributed by atoms with van der Waals surface area (Å²) in [6.07, 6.45) is -4.43. The van der Waals surface area contributed by atoms with E-state index in [0.717, 1.165) is 12.1 Å². The van der Waals surface area contributed by atoms with Crippen LogP contribution in [-0.2, 0) is 17.5 Å². The standard InChI is InChI=1S/C18H16F3N3O2/c1-26-9-8-24-16(11-2-4-12(5-3-11)18(19,20)21)23-15-7-6-13(22)10-14(15)17(24)25/h2-7,10H,8-9,22H2,1H3. The lowest BCUT2D eigenvalue weighted by molar-refractivity contribution is -0.137. The van der Waals surface area contributed by atoms with Gasteiger partial charge >= 0.3 is 6.18 Å². The van der Waals surface area contributed by atoms with E-state index in [-0.39, 0.29) is 24.5 Å². The molecule has 3 rings (SSSR count). The number of halogens is 3. The Balaban J connectivity index is 2.20. The Kier molecular flexibility index (Phi) is 4.69. The summed E-state index contributed by atoms with van der Waals surface area (Å²) in [5.41, 5.74) is 5.91. The molecule has 3 aromatic rings. The van der Waals surface area contributed by atoms with Crippen LogP contribution in [0.5, 0.6) is 0 Å². The minimum atomic E-state index is -4.43. The highest BCUT2D eigenvalue weighted by Crippen LogP contribution is 2.30. The van der Waals surface area contributed by atoms with E-state index in [2.05, 4.69) is 4.98 Å². The zero-order chi connectivity index (χ0) is 18.9. The Morgan fingerprint density at radius 1 is 1.15 bits per heavy atom. The Bertz CT molecular complexity index is 995. The third-order valence-corrected chi connectivity index (χ3v) is 3.97. The summed E-state index contributed by atoms with van der Waals surface area (Å²) in [7, 11) is 1.50. The van der Waals surface area contributed by atoms with Crippen molar-refractivity contribution in [2.75, 3.05) is 19.5 Å². The number of benzene rings is 2. The predicted octanol–water partition coefficient (Wildman–Crippen LogP) is 3.31. The first-order chi connectivity index (χ1) is 12.3. The molecule has 0 radical (unpaired) electrons. The van der Waals surface area contributed by atoms with Gasteiger partial charge in [0.1, 0.15) is 5.82 Å². The van der Waals surface area contributed by atoms with Crippen molar-refractivity contribution < 1.29 is 17.9 Å². The van der Waals surface area contributed by atoms with Crippen LogP contribution in [0.1, 0.15) is 5.56 Å². The summed E-state index contributed by atoms with van der Waals surface area (Å²) in [6.45, 7) is 0.465. The van der Waals surface area contributed by atoms with Gasteiger partial charge in [0, 0.05) is 18.4 Å². The lowest BCUT2D eigenvalue weighted by atomic mass is 10.1. The minimum absolute atomic E-state index is 0.212. The van der Waals surface area contributed by atoms with Crippen molar-refractivity contribution in [2.24, 2.45) is 0 Å². The first kappa shape index (κ1) is 17.9. The molecule has 0 aliphatic rings. The largest absolute Gasteiger partial charge is 0.416 e. The van der Waals surface area contributed by atoms with Crippen LogP contribution in [0.25, 0.3) is 22.3 Å². The molecule has 0 aliphatic heterocycles. The molecule has 136 valence electrons. The van der Waals surface area contributed by atoms with Crippen molar-refractivity contribution in [1.82, 2.24) is 9.55 Å². The highest BCUT2D eigenvalue weighted by molar-refractivity contribution is 5.82. The van der Waals surface area contributed by atoms with Crippen molar-refractivity contribution in [3.05, 3.63) is 58.4 Å². The predicted molar refractivity (Wildman–Crippen MR) is 92.7 cm³/mol. The fraction of sp³-hybridized carbons (Fsp3) is 0.222. The van der Waals surface area contributed by atoms with Gasteiger partial charge in [-0.1, -0.05) is 12.1 Å². The number of nitrogens with two attached hydrogens (primary N) is 1. The Hall–Kier alpha value is -2.87. The Morgan fingerprint density at radius 3 is 2.46 bits per heavy atom. The van der Waals surface area contributed by atoms with Gasteiger partial charge in [0.25, 0.3) is 5.56 Å². The lowest BCUT2D eigenvalue weighted by Crippen LogP contribution is -2.25. The summed E-state index contributed by atoms with van der Waals surface area (Å²) in [5, 5.41) is 0.344. The molecule has 26 heavy (non-hydrogen) atoms. The number of alkyl halides is 3. The SMILES string of the molecule is COCCn1c(-c2ccc(C(F)(F)F)cc2)nc2ccc(N)cc2c1=O. The number of hydrogen-bond acceptors (Lipinski definition) is 4. The van der Waals surface area contributed by atoms with Gasteiger partial charge in [-0.2, -0.15) is 13.2 Å². The summed E-state index contributed by atoms with van der Waals surface area (Å²) in [6, 6.07) is 9.30. The molecule has 5 nitrogen and oxygen atoms in total. The van der Waals surface area contributed by atoms with Crippen LogP contribution >= 0.6 is 0 Å². The minimum Gasteiger partial charge on any atom is -0.399 e. The maximum Gasteiger partial charge on any atom is 0.416 e. The van der Waals surface area contributed by atoms with E-state index < -0.39 is 11.7 Å². The fourth-order valence-corrected chi connectivity index (χ4v) is 2.66. The fourth-order valence-electron chi connectivity index (χ4n) is 2.66. The van der Waals surface area contributed by atoms with E-state index in [1.807, 2.05) is 0 Å². The number of rotatable bonds is 4. The van der Waals surface area contributed by atoms with Gasteiger partial charge in [-0.25, -0.2) is 4.98 Å². The van der Waals surface area contributed by atoms with E-state index in [0.29, 0.717) is 22.2 Å². The summed E-state index contributed by atoms with van der Waals surface area (Å²) in [4.78, 5) is 17.3. The molecule has 0 saturated carbocycles. The molecule has 0 saturated heterocycles. The highest BCUT2D eigenvalue weighted by atomic mass is 19.4. The van der Waals surface area contributed by atoms with Gasteiger partial charge in [0.05, 0.1) is 29.6 Å². The first-order valence-electron chi connectivity index (χ1n) is 7.78. The molecule has 1 heterocycles. The summed E-state index contributed by atoms with van der Waals surface area (Å²) in [5.74, 6) is 0.276.